The lowest BCUT2D eigenvalue weighted by molar-refractivity contribution is -0.121. The summed E-state index contributed by atoms with van der Waals surface area (Å²) in [5, 5.41) is 5.04. The fraction of sp³-hybridized carbons (Fsp3) is 0.333. The van der Waals surface area contributed by atoms with E-state index in [9.17, 15) is 4.79 Å². The summed E-state index contributed by atoms with van der Waals surface area (Å²) in [5.74, 6) is 0.192. The van der Waals surface area contributed by atoms with Gasteiger partial charge in [-0.2, -0.15) is 14.5 Å². The van der Waals surface area contributed by atoms with Gasteiger partial charge in [-0.15, -0.1) is 0 Å². The molecule has 0 spiro atoms. The van der Waals surface area contributed by atoms with Crippen LogP contribution in [0.4, 0.5) is 5.13 Å². The maximum absolute atomic E-state index is 12.0. The zero-order valence-electron chi connectivity index (χ0n) is 14.7. The number of aromatic nitrogens is 4. The molecule has 8 heteroatoms. The van der Waals surface area contributed by atoms with Crippen molar-refractivity contribution >= 4 is 22.6 Å². The number of primary amides is 1. The third-order valence-corrected chi connectivity index (χ3v) is 5.58. The van der Waals surface area contributed by atoms with Crippen molar-refractivity contribution in [2.75, 3.05) is 18.0 Å². The van der Waals surface area contributed by atoms with Crippen LogP contribution in [0.25, 0.3) is 11.4 Å². The number of benzene rings is 1. The third-order valence-electron chi connectivity index (χ3n) is 4.80. The molecule has 1 fully saturated rings. The van der Waals surface area contributed by atoms with Gasteiger partial charge in [-0.3, -0.25) is 9.48 Å². The van der Waals surface area contributed by atoms with Crippen LogP contribution in [0.15, 0.2) is 36.7 Å². The van der Waals surface area contributed by atoms with Gasteiger partial charge in [0.15, 0.2) is 5.82 Å². The summed E-state index contributed by atoms with van der Waals surface area (Å²) in [6.45, 7) is 3.28. The highest BCUT2D eigenvalue weighted by Gasteiger charge is 2.39. The number of carbonyl (C=O) groups is 1. The van der Waals surface area contributed by atoms with Crippen molar-refractivity contribution in [3.05, 3.63) is 47.8 Å². The van der Waals surface area contributed by atoms with E-state index in [0.29, 0.717) is 18.9 Å². The van der Waals surface area contributed by atoms with Crippen LogP contribution < -0.4 is 10.6 Å². The minimum Gasteiger partial charge on any atom is -0.369 e. The number of hydrogen-bond donors (Lipinski definition) is 1. The number of rotatable bonds is 4. The number of nitrogens with two attached hydrogens (primary N) is 1. The first-order valence-corrected chi connectivity index (χ1v) is 9.22. The lowest BCUT2D eigenvalue weighted by Crippen LogP contribution is -2.29. The van der Waals surface area contributed by atoms with Crippen molar-refractivity contribution in [2.45, 2.75) is 12.8 Å². The Morgan fingerprint density at radius 1 is 1.35 bits per heavy atom. The molecule has 7 nitrogen and oxygen atoms in total. The molecule has 134 valence electrons. The minimum absolute atomic E-state index is 0.0209. The average molecular weight is 368 g/mol. The van der Waals surface area contributed by atoms with Gasteiger partial charge in [0.1, 0.15) is 0 Å². The molecular weight excluding hydrogens is 348 g/mol. The van der Waals surface area contributed by atoms with Gasteiger partial charge in [-0.05, 0) is 18.6 Å². The number of amides is 1. The van der Waals surface area contributed by atoms with Gasteiger partial charge in [0.2, 0.25) is 11.0 Å². The van der Waals surface area contributed by atoms with Crippen LogP contribution in [0.2, 0.25) is 0 Å². The van der Waals surface area contributed by atoms with Gasteiger partial charge in [-0.25, -0.2) is 0 Å². The second kappa shape index (κ2) is 6.53. The summed E-state index contributed by atoms with van der Waals surface area (Å²) in [6.07, 6.45) is 3.75. The normalized spacial score (nSPS) is 19.8. The summed E-state index contributed by atoms with van der Waals surface area (Å²) < 4.78 is 6.25. The monoisotopic (exact) mass is 368 g/mol. The standard InChI is InChI=1S/C18H20N6OS/c1-11-4-3-5-12(6-11)17-21-18(26-22-17)24-9-14(15(10-24)16(19)25)13-7-20-23(2)8-13/h3-8,14-15H,9-10H2,1-2H3,(H2,19,25)/t14-,15+/m1/s1. The van der Waals surface area contributed by atoms with E-state index in [1.807, 2.05) is 44.6 Å². The van der Waals surface area contributed by atoms with E-state index in [1.54, 1.807) is 4.68 Å². The molecule has 0 radical (unpaired) electrons. The Labute approximate surface area is 155 Å². The Bertz CT molecular complexity index is 949. The topological polar surface area (TPSA) is 89.9 Å². The van der Waals surface area contributed by atoms with Crippen LogP contribution >= 0.6 is 11.5 Å². The number of anilines is 1. The van der Waals surface area contributed by atoms with E-state index in [4.69, 9.17) is 10.7 Å². The Balaban J connectivity index is 1.60. The molecule has 1 aliphatic rings. The lowest BCUT2D eigenvalue weighted by Gasteiger charge is -2.13. The predicted molar refractivity (Wildman–Crippen MR) is 101 cm³/mol. The van der Waals surface area contributed by atoms with Crippen LogP contribution in [0.1, 0.15) is 17.0 Å². The number of carbonyl (C=O) groups excluding carboxylic acids is 1. The van der Waals surface area contributed by atoms with Crippen molar-refractivity contribution in [3.8, 4) is 11.4 Å². The molecule has 1 amide bonds. The number of hydrogen-bond acceptors (Lipinski definition) is 6. The molecule has 1 aromatic carbocycles. The first-order chi connectivity index (χ1) is 12.5. The van der Waals surface area contributed by atoms with E-state index in [0.717, 1.165) is 16.3 Å². The second-order valence-corrected chi connectivity index (χ2v) is 7.47. The Morgan fingerprint density at radius 3 is 2.88 bits per heavy atom. The maximum atomic E-state index is 12.0. The smallest absolute Gasteiger partial charge is 0.223 e. The molecule has 0 unspecified atom stereocenters. The number of nitrogens with zero attached hydrogens (tertiary/aromatic N) is 5. The van der Waals surface area contributed by atoms with E-state index < -0.39 is 0 Å². The van der Waals surface area contributed by atoms with Gasteiger partial charge in [0.25, 0.3) is 0 Å². The molecule has 26 heavy (non-hydrogen) atoms. The highest BCUT2D eigenvalue weighted by Crippen LogP contribution is 2.36. The molecule has 1 saturated heterocycles. The van der Waals surface area contributed by atoms with Gasteiger partial charge in [-0.1, -0.05) is 23.8 Å². The summed E-state index contributed by atoms with van der Waals surface area (Å²) in [4.78, 5) is 18.8. The summed E-state index contributed by atoms with van der Waals surface area (Å²) in [7, 11) is 1.87. The van der Waals surface area contributed by atoms with Gasteiger partial charge >= 0.3 is 0 Å². The first-order valence-electron chi connectivity index (χ1n) is 8.45. The molecule has 2 atom stereocenters. The molecule has 0 saturated carbocycles. The number of aryl methyl sites for hydroxylation is 2. The SMILES string of the molecule is Cc1cccc(-c2nsc(N3C[C@H](C(N)=O)[C@@H](c4cnn(C)c4)C3)n2)c1. The van der Waals surface area contributed by atoms with Crippen molar-refractivity contribution in [3.63, 3.8) is 0 Å². The predicted octanol–water partition coefficient (Wildman–Crippen LogP) is 1.95. The molecule has 3 heterocycles. The van der Waals surface area contributed by atoms with Crippen molar-refractivity contribution < 1.29 is 4.79 Å². The second-order valence-electron chi connectivity index (χ2n) is 6.74. The summed E-state index contributed by atoms with van der Waals surface area (Å²) in [6, 6.07) is 8.13. The summed E-state index contributed by atoms with van der Waals surface area (Å²) in [5.41, 5.74) is 8.86. The Kier molecular flexibility index (Phi) is 4.20. The Morgan fingerprint density at radius 2 is 2.19 bits per heavy atom. The summed E-state index contributed by atoms with van der Waals surface area (Å²) >= 11 is 1.36. The van der Waals surface area contributed by atoms with Crippen molar-refractivity contribution in [1.82, 2.24) is 19.1 Å². The quantitative estimate of drug-likeness (QED) is 0.760. The van der Waals surface area contributed by atoms with Gasteiger partial charge in [0, 0.05) is 49.3 Å². The zero-order chi connectivity index (χ0) is 18.3. The molecule has 0 bridgehead atoms. The third kappa shape index (κ3) is 3.08. The van der Waals surface area contributed by atoms with Crippen molar-refractivity contribution in [1.29, 1.82) is 0 Å². The fourth-order valence-electron chi connectivity index (χ4n) is 3.46. The van der Waals surface area contributed by atoms with Crippen molar-refractivity contribution in [2.24, 2.45) is 18.7 Å². The average Bonchev–Trinajstić information content (AvgIpc) is 3.33. The molecule has 2 aromatic heterocycles. The van der Waals surface area contributed by atoms with Gasteiger partial charge < -0.3 is 10.6 Å². The molecule has 1 aliphatic heterocycles. The molecule has 4 rings (SSSR count). The lowest BCUT2D eigenvalue weighted by atomic mass is 9.90. The largest absolute Gasteiger partial charge is 0.369 e. The van der Waals surface area contributed by atoms with E-state index in [1.165, 1.54) is 17.1 Å². The molecule has 3 aromatic rings. The zero-order valence-corrected chi connectivity index (χ0v) is 15.5. The van der Waals surface area contributed by atoms with Crippen LogP contribution in [0.3, 0.4) is 0 Å². The van der Waals surface area contributed by atoms with Crippen LogP contribution in [0, 0.1) is 12.8 Å². The van der Waals surface area contributed by atoms with Gasteiger partial charge in [0.05, 0.1) is 12.1 Å². The molecule has 0 aliphatic carbocycles. The van der Waals surface area contributed by atoms with E-state index >= 15 is 0 Å². The Hall–Kier alpha value is -2.74. The van der Waals surface area contributed by atoms with E-state index in [-0.39, 0.29) is 17.7 Å². The molecular formula is C18H20N6OS. The maximum Gasteiger partial charge on any atom is 0.223 e. The molecule has 2 N–H and O–H groups in total. The van der Waals surface area contributed by atoms with Crippen LogP contribution in [-0.4, -0.2) is 38.1 Å². The van der Waals surface area contributed by atoms with Crippen LogP contribution in [0.5, 0.6) is 0 Å². The van der Waals surface area contributed by atoms with E-state index in [2.05, 4.69) is 20.4 Å². The fourth-order valence-corrected chi connectivity index (χ4v) is 4.17. The minimum atomic E-state index is -0.287. The first kappa shape index (κ1) is 16.7. The highest BCUT2D eigenvalue weighted by atomic mass is 32.1. The highest BCUT2D eigenvalue weighted by molar-refractivity contribution is 7.09. The van der Waals surface area contributed by atoms with Crippen LogP contribution in [-0.2, 0) is 11.8 Å².